The Hall–Kier alpha value is -0.610. The van der Waals surface area contributed by atoms with Crippen molar-refractivity contribution in [2.45, 2.75) is 32.6 Å². The summed E-state index contributed by atoms with van der Waals surface area (Å²) >= 11 is 0. The van der Waals surface area contributed by atoms with Crippen LogP contribution in [0, 0.1) is 0 Å². The molecule has 0 saturated carbocycles. The summed E-state index contributed by atoms with van der Waals surface area (Å²) in [6.45, 7) is 5.84. The van der Waals surface area contributed by atoms with Gasteiger partial charge < -0.3 is 14.4 Å². The van der Waals surface area contributed by atoms with Gasteiger partial charge in [0.05, 0.1) is 13.2 Å². The third-order valence-electron chi connectivity index (χ3n) is 2.73. The van der Waals surface area contributed by atoms with Gasteiger partial charge in [-0.1, -0.05) is 26.2 Å². The van der Waals surface area contributed by atoms with Crippen molar-refractivity contribution >= 4 is 5.91 Å². The maximum Gasteiger partial charge on any atom is 0.248 e. The van der Waals surface area contributed by atoms with Gasteiger partial charge in [-0.2, -0.15) is 0 Å². The molecule has 0 radical (unpaired) electrons. The molecule has 1 amide bonds. The molecule has 94 valence electrons. The first-order valence-electron chi connectivity index (χ1n) is 6.28. The average molecular weight is 229 g/mol. The highest BCUT2D eigenvalue weighted by Gasteiger charge is 2.16. The van der Waals surface area contributed by atoms with E-state index in [9.17, 15) is 4.79 Å². The van der Waals surface area contributed by atoms with Gasteiger partial charge in [0.25, 0.3) is 0 Å². The van der Waals surface area contributed by atoms with Gasteiger partial charge in [-0.3, -0.25) is 4.79 Å². The predicted octanol–water partition coefficient (Wildman–Crippen LogP) is 1.44. The lowest BCUT2D eigenvalue weighted by Gasteiger charge is -2.26. The number of morpholine rings is 1. The highest BCUT2D eigenvalue weighted by Crippen LogP contribution is 2.00. The van der Waals surface area contributed by atoms with E-state index >= 15 is 0 Å². The van der Waals surface area contributed by atoms with Crippen molar-refractivity contribution in [2.75, 3.05) is 39.5 Å². The van der Waals surface area contributed by atoms with Gasteiger partial charge in [-0.05, 0) is 6.42 Å². The van der Waals surface area contributed by atoms with Gasteiger partial charge >= 0.3 is 0 Å². The van der Waals surface area contributed by atoms with Gasteiger partial charge in [0, 0.05) is 19.7 Å². The Balaban J connectivity index is 1.97. The van der Waals surface area contributed by atoms with Crippen molar-refractivity contribution in [3.63, 3.8) is 0 Å². The third kappa shape index (κ3) is 5.47. The van der Waals surface area contributed by atoms with Gasteiger partial charge in [0.15, 0.2) is 0 Å². The van der Waals surface area contributed by atoms with Crippen LogP contribution in [-0.2, 0) is 14.3 Å². The van der Waals surface area contributed by atoms with Crippen LogP contribution in [0.25, 0.3) is 0 Å². The Labute approximate surface area is 97.9 Å². The zero-order chi connectivity index (χ0) is 11.6. The smallest absolute Gasteiger partial charge is 0.248 e. The second kappa shape index (κ2) is 8.53. The number of unbranched alkanes of at least 4 members (excludes halogenated alkanes) is 3. The number of hydrogen-bond donors (Lipinski definition) is 0. The third-order valence-corrected chi connectivity index (χ3v) is 2.73. The molecule has 0 aliphatic carbocycles. The fourth-order valence-corrected chi connectivity index (χ4v) is 1.69. The fourth-order valence-electron chi connectivity index (χ4n) is 1.69. The average Bonchev–Trinajstić information content (AvgIpc) is 2.34. The lowest BCUT2D eigenvalue weighted by atomic mass is 10.2. The van der Waals surface area contributed by atoms with Crippen LogP contribution in [0.1, 0.15) is 32.6 Å². The summed E-state index contributed by atoms with van der Waals surface area (Å²) in [6, 6.07) is 0. The van der Waals surface area contributed by atoms with Crippen LogP contribution in [0.5, 0.6) is 0 Å². The lowest BCUT2D eigenvalue weighted by Crippen LogP contribution is -2.42. The largest absolute Gasteiger partial charge is 0.378 e. The molecular formula is C12H23NO3. The number of nitrogens with zero attached hydrogens (tertiary/aromatic N) is 1. The summed E-state index contributed by atoms with van der Waals surface area (Å²) in [5.41, 5.74) is 0. The maximum atomic E-state index is 11.6. The Morgan fingerprint density at radius 2 is 2.00 bits per heavy atom. The Morgan fingerprint density at radius 3 is 2.69 bits per heavy atom. The van der Waals surface area contributed by atoms with Crippen molar-refractivity contribution in [3.8, 4) is 0 Å². The van der Waals surface area contributed by atoms with Crippen molar-refractivity contribution in [2.24, 2.45) is 0 Å². The van der Waals surface area contributed by atoms with E-state index in [2.05, 4.69) is 6.92 Å². The molecular weight excluding hydrogens is 206 g/mol. The molecule has 0 aromatic heterocycles. The molecule has 0 aromatic rings. The van der Waals surface area contributed by atoms with E-state index < -0.39 is 0 Å². The number of carbonyl (C=O) groups is 1. The standard InChI is InChI=1S/C12H23NO3/c1-2-3-4-5-8-16-11-12(14)13-6-9-15-10-7-13/h2-11H2,1H3. The van der Waals surface area contributed by atoms with E-state index in [1.807, 2.05) is 4.90 Å². The van der Waals surface area contributed by atoms with Crippen LogP contribution >= 0.6 is 0 Å². The molecule has 0 N–H and O–H groups in total. The molecule has 0 atom stereocenters. The summed E-state index contributed by atoms with van der Waals surface area (Å²) in [4.78, 5) is 13.4. The van der Waals surface area contributed by atoms with E-state index in [-0.39, 0.29) is 12.5 Å². The molecule has 0 aromatic carbocycles. The molecule has 1 heterocycles. The van der Waals surface area contributed by atoms with Gasteiger partial charge in [-0.25, -0.2) is 0 Å². The normalized spacial score (nSPS) is 16.4. The molecule has 4 nitrogen and oxygen atoms in total. The van der Waals surface area contributed by atoms with Crippen LogP contribution in [0.2, 0.25) is 0 Å². The minimum absolute atomic E-state index is 0.0961. The van der Waals surface area contributed by atoms with Gasteiger partial charge in [-0.15, -0.1) is 0 Å². The highest BCUT2D eigenvalue weighted by atomic mass is 16.5. The zero-order valence-corrected chi connectivity index (χ0v) is 10.2. The molecule has 1 fully saturated rings. The summed E-state index contributed by atoms with van der Waals surface area (Å²) in [5, 5.41) is 0. The summed E-state index contributed by atoms with van der Waals surface area (Å²) in [6.07, 6.45) is 4.74. The van der Waals surface area contributed by atoms with E-state index in [0.717, 1.165) is 6.42 Å². The summed E-state index contributed by atoms with van der Waals surface area (Å²) in [7, 11) is 0. The van der Waals surface area contributed by atoms with Gasteiger partial charge in [0.1, 0.15) is 6.61 Å². The number of ether oxygens (including phenoxy) is 2. The molecule has 0 spiro atoms. The number of hydrogen-bond acceptors (Lipinski definition) is 3. The number of amides is 1. The Bertz CT molecular complexity index is 191. The minimum atomic E-state index is 0.0961. The van der Waals surface area contributed by atoms with E-state index in [1.165, 1.54) is 19.3 Å². The molecule has 1 rings (SSSR count). The van der Waals surface area contributed by atoms with E-state index in [0.29, 0.717) is 32.9 Å². The minimum Gasteiger partial charge on any atom is -0.378 e. The van der Waals surface area contributed by atoms with Crippen molar-refractivity contribution < 1.29 is 14.3 Å². The van der Waals surface area contributed by atoms with Crippen LogP contribution in [0.15, 0.2) is 0 Å². The highest BCUT2D eigenvalue weighted by molar-refractivity contribution is 5.77. The first-order chi connectivity index (χ1) is 7.84. The van der Waals surface area contributed by atoms with Crippen molar-refractivity contribution in [1.29, 1.82) is 0 Å². The summed E-state index contributed by atoms with van der Waals surface area (Å²) < 4.78 is 10.5. The monoisotopic (exact) mass is 229 g/mol. The molecule has 0 bridgehead atoms. The predicted molar refractivity (Wildman–Crippen MR) is 62.4 cm³/mol. The molecule has 1 aliphatic rings. The molecule has 1 saturated heterocycles. The number of rotatable bonds is 7. The fraction of sp³-hybridized carbons (Fsp3) is 0.917. The van der Waals surface area contributed by atoms with E-state index in [4.69, 9.17) is 9.47 Å². The Kier molecular flexibility index (Phi) is 7.17. The Morgan fingerprint density at radius 1 is 1.25 bits per heavy atom. The first-order valence-corrected chi connectivity index (χ1v) is 6.28. The summed E-state index contributed by atoms with van der Waals surface area (Å²) in [5.74, 6) is 0.0961. The van der Waals surface area contributed by atoms with E-state index in [1.54, 1.807) is 0 Å². The first kappa shape index (κ1) is 13.5. The topological polar surface area (TPSA) is 38.8 Å². The molecule has 0 unspecified atom stereocenters. The second-order valence-corrected chi connectivity index (χ2v) is 4.11. The molecule has 16 heavy (non-hydrogen) atoms. The van der Waals surface area contributed by atoms with Crippen LogP contribution in [-0.4, -0.2) is 50.3 Å². The van der Waals surface area contributed by atoms with Crippen molar-refractivity contribution in [1.82, 2.24) is 4.90 Å². The zero-order valence-electron chi connectivity index (χ0n) is 10.2. The molecule has 1 aliphatic heterocycles. The molecule has 4 heteroatoms. The van der Waals surface area contributed by atoms with Crippen LogP contribution < -0.4 is 0 Å². The van der Waals surface area contributed by atoms with Crippen LogP contribution in [0.4, 0.5) is 0 Å². The number of carbonyl (C=O) groups excluding carboxylic acids is 1. The van der Waals surface area contributed by atoms with Crippen LogP contribution in [0.3, 0.4) is 0 Å². The van der Waals surface area contributed by atoms with Gasteiger partial charge in [0.2, 0.25) is 5.91 Å². The maximum absolute atomic E-state index is 11.6. The lowest BCUT2D eigenvalue weighted by molar-refractivity contribution is -0.140. The second-order valence-electron chi connectivity index (χ2n) is 4.11. The quantitative estimate of drug-likeness (QED) is 0.620. The SMILES string of the molecule is CCCCCCOCC(=O)N1CCOCC1. The van der Waals surface area contributed by atoms with Crippen molar-refractivity contribution in [3.05, 3.63) is 0 Å².